The Hall–Kier alpha value is -3.69. The minimum Gasteiger partial charge on any atom is -0.399 e. The van der Waals surface area contributed by atoms with Crippen molar-refractivity contribution in [3.63, 3.8) is 0 Å². The highest BCUT2D eigenvalue weighted by molar-refractivity contribution is 6.32. The molecule has 10 heteroatoms. The standard InChI is InChI=1S/C23H24ClN7O2/c1-14(32)28-31-21(24)20(29-30-10-3-11-30)23(33)27-22(31)19(17-4-2-5-18(26)12-17)16-8-6-15(13-25)7-9-16/h2,4-9,12-13,19,25,29H,3,10-11,26H2,1H3,(H,28,32). The predicted octanol–water partition coefficient (Wildman–Crippen LogP) is 2.78. The van der Waals surface area contributed by atoms with Crippen LogP contribution in [-0.4, -0.2) is 39.9 Å². The van der Waals surface area contributed by atoms with Crippen molar-refractivity contribution in [1.29, 1.82) is 5.41 Å². The first-order valence-corrected chi connectivity index (χ1v) is 10.8. The maximum absolute atomic E-state index is 13.0. The van der Waals surface area contributed by atoms with Crippen LogP contribution in [-0.2, 0) is 4.79 Å². The Labute approximate surface area is 195 Å². The summed E-state index contributed by atoms with van der Waals surface area (Å²) in [7, 11) is 0. The molecule has 0 bridgehead atoms. The Morgan fingerprint density at radius 1 is 1.21 bits per heavy atom. The van der Waals surface area contributed by atoms with Crippen LogP contribution in [0.4, 0.5) is 11.4 Å². The van der Waals surface area contributed by atoms with E-state index in [1.165, 1.54) is 17.8 Å². The van der Waals surface area contributed by atoms with E-state index in [2.05, 4.69) is 15.8 Å². The summed E-state index contributed by atoms with van der Waals surface area (Å²) in [5.41, 5.74) is 14.1. The molecule has 2 heterocycles. The zero-order valence-corrected chi connectivity index (χ0v) is 18.8. The average molecular weight is 466 g/mol. The first-order chi connectivity index (χ1) is 15.9. The Morgan fingerprint density at radius 3 is 2.52 bits per heavy atom. The number of amides is 1. The van der Waals surface area contributed by atoms with Gasteiger partial charge in [-0.15, -0.1) is 0 Å². The molecule has 1 aromatic heterocycles. The third-order valence-electron chi connectivity index (χ3n) is 5.40. The molecule has 9 nitrogen and oxygen atoms in total. The van der Waals surface area contributed by atoms with Crippen molar-refractivity contribution in [2.45, 2.75) is 19.3 Å². The van der Waals surface area contributed by atoms with Crippen LogP contribution in [0.1, 0.15) is 41.8 Å². The van der Waals surface area contributed by atoms with E-state index in [9.17, 15) is 9.59 Å². The number of aromatic nitrogens is 2. The molecular formula is C23H24ClN7O2. The predicted molar refractivity (Wildman–Crippen MR) is 129 cm³/mol. The molecule has 0 saturated carbocycles. The van der Waals surface area contributed by atoms with Crippen LogP contribution in [0.25, 0.3) is 0 Å². The fourth-order valence-electron chi connectivity index (χ4n) is 3.66. The highest BCUT2D eigenvalue weighted by atomic mass is 35.5. The molecule has 33 heavy (non-hydrogen) atoms. The van der Waals surface area contributed by atoms with Gasteiger partial charge in [0.1, 0.15) is 5.82 Å². The molecule has 0 aliphatic carbocycles. The number of nitrogens with zero attached hydrogens (tertiary/aromatic N) is 3. The molecule has 1 aliphatic rings. The van der Waals surface area contributed by atoms with Gasteiger partial charge in [0.25, 0.3) is 5.56 Å². The van der Waals surface area contributed by atoms with Crippen molar-refractivity contribution in [2.75, 3.05) is 29.7 Å². The van der Waals surface area contributed by atoms with Crippen LogP contribution in [0.5, 0.6) is 0 Å². The molecule has 4 rings (SSSR count). The minimum atomic E-state index is -0.566. The summed E-state index contributed by atoms with van der Waals surface area (Å²) in [6.45, 7) is 2.92. The van der Waals surface area contributed by atoms with Gasteiger partial charge in [0.05, 0.1) is 5.92 Å². The largest absolute Gasteiger partial charge is 0.399 e. The number of nitrogens with one attached hydrogen (secondary N) is 3. The maximum Gasteiger partial charge on any atom is 0.299 e. The molecule has 170 valence electrons. The van der Waals surface area contributed by atoms with Crippen molar-refractivity contribution < 1.29 is 4.79 Å². The number of anilines is 2. The second-order valence-corrected chi connectivity index (χ2v) is 8.17. The monoisotopic (exact) mass is 465 g/mol. The highest BCUT2D eigenvalue weighted by Crippen LogP contribution is 2.33. The number of carbonyl (C=O) groups excluding carboxylic acids is 1. The Morgan fingerprint density at radius 2 is 1.94 bits per heavy atom. The summed E-state index contributed by atoms with van der Waals surface area (Å²) in [6, 6.07) is 14.5. The third kappa shape index (κ3) is 4.74. The lowest BCUT2D eigenvalue weighted by Crippen LogP contribution is -2.44. The summed E-state index contributed by atoms with van der Waals surface area (Å²) in [5, 5.41) is 9.35. The summed E-state index contributed by atoms with van der Waals surface area (Å²) >= 11 is 6.65. The van der Waals surface area contributed by atoms with E-state index in [-0.39, 0.29) is 22.6 Å². The number of nitrogens with two attached hydrogens (primary N) is 1. The summed E-state index contributed by atoms with van der Waals surface area (Å²) in [4.78, 5) is 29.5. The molecular weight excluding hydrogens is 442 g/mol. The molecule has 0 spiro atoms. The minimum absolute atomic E-state index is 0.0251. The number of halogens is 1. The number of nitrogen functional groups attached to an aromatic ring is 1. The van der Waals surface area contributed by atoms with Gasteiger partial charge in [-0.25, -0.2) is 9.69 Å². The van der Waals surface area contributed by atoms with Gasteiger partial charge in [0.2, 0.25) is 5.91 Å². The molecule has 3 aromatic rings. The molecule has 1 atom stereocenters. The number of hydrogen-bond donors (Lipinski definition) is 4. The zero-order valence-electron chi connectivity index (χ0n) is 18.0. The van der Waals surface area contributed by atoms with Crippen molar-refractivity contribution >= 4 is 35.1 Å². The van der Waals surface area contributed by atoms with Crippen LogP contribution < -0.4 is 22.1 Å². The summed E-state index contributed by atoms with van der Waals surface area (Å²) in [5.74, 6) is -0.699. The Kier molecular flexibility index (Phi) is 6.43. The van der Waals surface area contributed by atoms with Crippen LogP contribution in [0.15, 0.2) is 53.3 Å². The lowest BCUT2D eigenvalue weighted by atomic mass is 9.89. The number of hydrogen-bond acceptors (Lipinski definition) is 7. The lowest BCUT2D eigenvalue weighted by Gasteiger charge is -2.32. The van der Waals surface area contributed by atoms with Crippen molar-refractivity contribution in [3.8, 4) is 0 Å². The number of rotatable bonds is 7. The van der Waals surface area contributed by atoms with Crippen LogP contribution in [0.2, 0.25) is 5.15 Å². The van der Waals surface area contributed by atoms with Gasteiger partial charge in [-0.05, 0) is 35.2 Å². The number of carbonyl (C=O) groups is 1. The van der Waals surface area contributed by atoms with Crippen molar-refractivity contribution in [3.05, 3.63) is 86.6 Å². The molecule has 1 aliphatic heterocycles. The molecule has 5 N–H and O–H groups in total. The topological polar surface area (TPSA) is 129 Å². The van der Waals surface area contributed by atoms with Crippen molar-refractivity contribution in [1.82, 2.24) is 14.7 Å². The molecule has 1 amide bonds. The first-order valence-electron chi connectivity index (χ1n) is 10.4. The van der Waals surface area contributed by atoms with E-state index in [0.29, 0.717) is 5.69 Å². The van der Waals surface area contributed by atoms with E-state index < -0.39 is 11.5 Å². The SMILES string of the molecule is CC(=O)Nn1c(C(c2ccc(C=N)cc2)c2cccc(N)c2)nc(=O)c(NN2CCC2)c1Cl. The van der Waals surface area contributed by atoms with Gasteiger partial charge in [0.15, 0.2) is 10.8 Å². The van der Waals surface area contributed by atoms with Gasteiger partial charge < -0.3 is 16.6 Å². The van der Waals surface area contributed by atoms with Gasteiger partial charge in [-0.1, -0.05) is 48.0 Å². The van der Waals surface area contributed by atoms with E-state index in [1.54, 1.807) is 24.3 Å². The van der Waals surface area contributed by atoms with E-state index >= 15 is 0 Å². The summed E-state index contributed by atoms with van der Waals surface area (Å²) < 4.78 is 1.34. The van der Waals surface area contributed by atoms with E-state index in [1.807, 2.05) is 29.3 Å². The lowest BCUT2D eigenvalue weighted by molar-refractivity contribution is -0.115. The van der Waals surface area contributed by atoms with Gasteiger partial charge in [0, 0.05) is 31.9 Å². The molecule has 1 saturated heterocycles. The van der Waals surface area contributed by atoms with Crippen LogP contribution in [0.3, 0.4) is 0 Å². The van der Waals surface area contributed by atoms with Crippen LogP contribution in [0, 0.1) is 5.41 Å². The second-order valence-electron chi connectivity index (χ2n) is 7.81. The zero-order chi connectivity index (χ0) is 23.5. The normalized spacial score (nSPS) is 14.2. The Bertz CT molecular complexity index is 1250. The first kappa shape index (κ1) is 22.5. The average Bonchev–Trinajstić information content (AvgIpc) is 2.75. The molecule has 1 fully saturated rings. The fraction of sp³-hybridized carbons (Fsp3) is 0.217. The highest BCUT2D eigenvalue weighted by Gasteiger charge is 2.27. The molecule has 0 radical (unpaired) electrons. The van der Waals surface area contributed by atoms with E-state index in [4.69, 9.17) is 22.7 Å². The Balaban J connectivity index is 1.93. The quantitative estimate of drug-likeness (QED) is 0.241. The molecule has 1 unspecified atom stereocenters. The second kappa shape index (κ2) is 9.43. The smallest absolute Gasteiger partial charge is 0.299 e. The number of hydrazine groups is 1. The third-order valence-corrected chi connectivity index (χ3v) is 5.75. The van der Waals surface area contributed by atoms with Gasteiger partial charge in [-0.2, -0.15) is 4.98 Å². The maximum atomic E-state index is 13.0. The van der Waals surface area contributed by atoms with Gasteiger partial charge >= 0.3 is 0 Å². The summed E-state index contributed by atoms with van der Waals surface area (Å²) in [6.07, 6.45) is 2.26. The van der Waals surface area contributed by atoms with Crippen LogP contribution >= 0.6 is 11.6 Å². The van der Waals surface area contributed by atoms with Crippen molar-refractivity contribution in [2.24, 2.45) is 0 Å². The molecule has 2 aromatic carbocycles. The fourth-order valence-corrected chi connectivity index (χ4v) is 3.91. The van der Waals surface area contributed by atoms with Gasteiger partial charge in [-0.3, -0.25) is 15.0 Å². The number of benzene rings is 2. The van der Waals surface area contributed by atoms with E-state index in [0.717, 1.165) is 36.2 Å².